The number of alkyl carbamates (subject to hydrolysis) is 1. The Kier molecular flexibility index (Phi) is 10.2. The predicted molar refractivity (Wildman–Crippen MR) is 215 cm³/mol. The number of carbonyl (C=O) groups excluding carboxylic acids is 3. The number of aromatic nitrogens is 5. The lowest BCUT2D eigenvalue weighted by molar-refractivity contribution is -0.129. The van der Waals surface area contributed by atoms with Crippen LogP contribution in [0.3, 0.4) is 0 Å². The summed E-state index contributed by atoms with van der Waals surface area (Å²) in [5.74, 6) is 1.86. The number of fused-ring (bicyclic) bond motifs is 2. The molecule has 5 heterocycles. The molecule has 302 valence electrons. The Morgan fingerprint density at radius 3 is 2.42 bits per heavy atom. The number of nitrogens with zero attached hydrogens (tertiary/aromatic N) is 7. The molecule has 1 saturated carbocycles. The fourth-order valence-electron chi connectivity index (χ4n) is 8.68. The Bertz CT molecular complexity index is 2330. The van der Waals surface area contributed by atoms with Crippen molar-refractivity contribution in [1.82, 2.24) is 39.0 Å². The SMILES string of the molecule is COc1cc(C(=O)N2C[C@@H](F)C[C@@H](NC(=O)OC(C)(C)C)C2)cc2nc(-c3cc4cccc(C5CCN(C(C)=O)CC5)c4n3CC3CC3)n(Cc3cnn(C)c3)c12. The Balaban J connectivity index is 1.21. The lowest BCUT2D eigenvalue weighted by Crippen LogP contribution is -2.54. The molecule has 5 aromatic rings. The molecule has 3 amide bonds. The number of carbonyl (C=O) groups is 3. The van der Waals surface area contributed by atoms with Gasteiger partial charge in [-0.05, 0) is 82.1 Å². The Hall–Kier alpha value is -5.40. The van der Waals surface area contributed by atoms with Crippen molar-refractivity contribution in [1.29, 1.82) is 0 Å². The predicted octanol–water partition coefficient (Wildman–Crippen LogP) is 6.66. The van der Waals surface area contributed by atoms with Crippen LogP contribution in [-0.4, -0.2) is 103 Å². The van der Waals surface area contributed by atoms with E-state index in [1.54, 1.807) is 51.6 Å². The number of hydrogen-bond acceptors (Lipinski definition) is 7. The van der Waals surface area contributed by atoms with Gasteiger partial charge in [-0.25, -0.2) is 14.2 Å². The van der Waals surface area contributed by atoms with Gasteiger partial charge in [-0.3, -0.25) is 14.3 Å². The summed E-state index contributed by atoms with van der Waals surface area (Å²) in [6.45, 7) is 9.80. The molecule has 14 heteroatoms. The van der Waals surface area contributed by atoms with Crippen molar-refractivity contribution in [2.24, 2.45) is 13.0 Å². The molecule has 13 nitrogen and oxygen atoms in total. The van der Waals surface area contributed by atoms with E-state index in [1.807, 2.05) is 24.3 Å². The number of likely N-dealkylation sites (tertiary alicyclic amines) is 2. The van der Waals surface area contributed by atoms with Crippen LogP contribution in [0.4, 0.5) is 9.18 Å². The second-order valence-electron chi connectivity index (χ2n) is 17.1. The molecule has 1 aliphatic carbocycles. The molecule has 0 unspecified atom stereocenters. The Morgan fingerprint density at radius 1 is 0.982 bits per heavy atom. The Morgan fingerprint density at radius 2 is 1.75 bits per heavy atom. The van der Waals surface area contributed by atoms with Crippen molar-refractivity contribution in [2.75, 3.05) is 33.3 Å². The summed E-state index contributed by atoms with van der Waals surface area (Å²) in [5.41, 5.74) is 5.40. The molecule has 2 aliphatic heterocycles. The number of piperidine rings is 2. The van der Waals surface area contributed by atoms with Crippen LogP contribution in [0.5, 0.6) is 5.75 Å². The molecule has 2 atom stereocenters. The number of benzene rings is 2. The maximum absolute atomic E-state index is 15.2. The largest absolute Gasteiger partial charge is 0.494 e. The van der Waals surface area contributed by atoms with Crippen LogP contribution in [0.1, 0.15) is 87.2 Å². The second kappa shape index (κ2) is 15.2. The summed E-state index contributed by atoms with van der Waals surface area (Å²) in [5, 5.41) is 8.34. The number of alkyl halides is 1. The van der Waals surface area contributed by atoms with E-state index < -0.39 is 23.9 Å². The van der Waals surface area contributed by atoms with E-state index in [0.717, 1.165) is 60.5 Å². The number of hydrogen-bond donors (Lipinski definition) is 1. The Labute approximate surface area is 332 Å². The van der Waals surface area contributed by atoms with Gasteiger partial charge in [0, 0.05) is 69.3 Å². The third-order valence-electron chi connectivity index (χ3n) is 11.5. The molecule has 8 rings (SSSR count). The number of ether oxygens (including phenoxy) is 2. The van der Waals surface area contributed by atoms with Gasteiger partial charge in [0.25, 0.3) is 5.91 Å². The van der Waals surface area contributed by atoms with Gasteiger partial charge in [0.05, 0.1) is 49.2 Å². The van der Waals surface area contributed by atoms with E-state index in [2.05, 4.69) is 43.8 Å². The number of methoxy groups -OCH3 is 1. The molecule has 3 aliphatic rings. The molecule has 3 aromatic heterocycles. The number of nitrogens with one attached hydrogen (secondary N) is 1. The summed E-state index contributed by atoms with van der Waals surface area (Å²) >= 11 is 0. The normalized spacial score (nSPS) is 19.4. The average molecular weight is 781 g/mol. The van der Waals surface area contributed by atoms with Gasteiger partial charge in [-0.15, -0.1) is 0 Å². The first-order chi connectivity index (χ1) is 27.2. The van der Waals surface area contributed by atoms with E-state index >= 15 is 4.39 Å². The summed E-state index contributed by atoms with van der Waals surface area (Å²) < 4.78 is 33.0. The van der Waals surface area contributed by atoms with Crippen LogP contribution >= 0.6 is 0 Å². The molecule has 3 fully saturated rings. The van der Waals surface area contributed by atoms with Crippen LogP contribution in [-0.2, 0) is 29.7 Å². The van der Waals surface area contributed by atoms with Crippen molar-refractivity contribution in [2.45, 2.75) is 96.6 Å². The van der Waals surface area contributed by atoms with Crippen LogP contribution < -0.4 is 10.1 Å². The zero-order valence-electron chi connectivity index (χ0n) is 33.8. The maximum atomic E-state index is 15.2. The monoisotopic (exact) mass is 780 g/mol. The average Bonchev–Trinajstić information content (AvgIpc) is 3.61. The highest BCUT2D eigenvalue weighted by Gasteiger charge is 2.34. The fraction of sp³-hybridized carbons (Fsp3) is 0.512. The molecule has 1 N–H and O–H groups in total. The van der Waals surface area contributed by atoms with Crippen molar-refractivity contribution in [3.8, 4) is 17.3 Å². The highest BCUT2D eigenvalue weighted by Crippen LogP contribution is 2.42. The van der Waals surface area contributed by atoms with Gasteiger partial charge < -0.3 is 33.7 Å². The third-order valence-corrected chi connectivity index (χ3v) is 11.5. The minimum absolute atomic E-state index is 0.0850. The number of imidazole rings is 1. The van der Waals surface area contributed by atoms with Crippen molar-refractivity contribution in [3.63, 3.8) is 0 Å². The number of halogens is 1. The number of para-hydroxylation sites is 1. The zero-order chi connectivity index (χ0) is 40.2. The quantitative estimate of drug-likeness (QED) is 0.177. The molecule has 0 spiro atoms. The van der Waals surface area contributed by atoms with Crippen molar-refractivity contribution >= 4 is 39.8 Å². The lowest BCUT2D eigenvalue weighted by Gasteiger charge is -2.35. The maximum Gasteiger partial charge on any atom is 0.407 e. The van der Waals surface area contributed by atoms with Crippen LogP contribution in [0.15, 0.2) is 48.8 Å². The summed E-state index contributed by atoms with van der Waals surface area (Å²) in [4.78, 5) is 47.6. The van der Waals surface area contributed by atoms with Crippen molar-refractivity contribution < 1.29 is 28.2 Å². The number of amides is 3. The van der Waals surface area contributed by atoms with Crippen LogP contribution in [0.25, 0.3) is 33.5 Å². The standard InChI is InChI=1S/C43H53FN8O5/c1-26(53)49-14-12-29(13-15-49)34-9-7-8-30-17-36(51(38(30)34)22-27-10-11-27)40-47-35-16-31(18-37(56-6)39(35)52(40)23-28-20-45-48(5)21-28)41(54)50-24-32(44)19-33(25-50)46-42(55)57-43(2,3)4/h7-9,16-18,20-21,27,29,32-33H,10-15,19,22-25H2,1-6H3,(H,46,55)/t32-,33+/m0/s1. The minimum Gasteiger partial charge on any atom is -0.494 e. The molecular formula is C43H53FN8O5. The van der Waals surface area contributed by atoms with Crippen LogP contribution in [0.2, 0.25) is 0 Å². The van der Waals surface area contributed by atoms with Gasteiger partial charge >= 0.3 is 6.09 Å². The molecular weight excluding hydrogens is 728 g/mol. The van der Waals surface area contributed by atoms with E-state index in [4.69, 9.17) is 14.5 Å². The summed E-state index contributed by atoms with van der Waals surface area (Å²) in [6.07, 6.45) is 6.12. The van der Waals surface area contributed by atoms with E-state index in [1.165, 1.54) is 28.8 Å². The lowest BCUT2D eigenvalue weighted by atomic mass is 9.88. The smallest absolute Gasteiger partial charge is 0.407 e. The molecule has 0 bridgehead atoms. The number of rotatable bonds is 9. The van der Waals surface area contributed by atoms with E-state index in [0.29, 0.717) is 35.2 Å². The van der Waals surface area contributed by atoms with Gasteiger partial charge in [0.1, 0.15) is 23.0 Å². The summed E-state index contributed by atoms with van der Waals surface area (Å²) in [6, 6.07) is 11.7. The fourth-order valence-corrected chi connectivity index (χ4v) is 8.68. The van der Waals surface area contributed by atoms with E-state index in [9.17, 15) is 14.4 Å². The molecule has 2 saturated heterocycles. The first-order valence-electron chi connectivity index (χ1n) is 20.1. The van der Waals surface area contributed by atoms with Crippen LogP contribution in [0, 0.1) is 5.92 Å². The molecule has 0 radical (unpaired) electrons. The minimum atomic E-state index is -1.32. The first-order valence-corrected chi connectivity index (χ1v) is 20.1. The third kappa shape index (κ3) is 8.08. The zero-order valence-corrected chi connectivity index (χ0v) is 33.8. The molecule has 57 heavy (non-hydrogen) atoms. The summed E-state index contributed by atoms with van der Waals surface area (Å²) in [7, 11) is 3.47. The van der Waals surface area contributed by atoms with Crippen molar-refractivity contribution in [3.05, 3.63) is 65.5 Å². The number of aryl methyl sites for hydroxylation is 1. The van der Waals surface area contributed by atoms with Gasteiger partial charge in [-0.2, -0.15) is 5.10 Å². The van der Waals surface area contributed by atoms with Gasteiger partial charge in [0.2, 0.25) is 5.91 Å². The second-order valence-corrected chi connectivity index (χ2v) is 17.1. The highest BCUT2D eigenvalue weighted by molar-refractivity contribution is 6.00. The highest BCUT2D eigenvalue weighted by atomic mass is 19.1. The van der Waals surface area contributed by atoms with Gasteiger partial charge in [-0.1, -0.05) is 18.2 Å². The van der Waals surface area contributed by atoms with Gasteiger partial charge in [0.15, 0.2) is 5.82 Å². The first kappa shape index (κ1) is 38.5. The topological polar surface area (TPSA) is 129 Å². The van der Waals surface area contributed by atoms with E-state index in [-0.39, 0.29) is 31.3 Å². The molecule has 2 aromatic carbocycles.